The summed E-state index contributed by atoms with van der Waals surface area (Å²) in [5.41, 5.74) is 18.8. The molecule has 0 bridgehead atoms. The van der Waals surface area contributed by atoms with E-state index in [0.29, 0.717) is 0 Å². The molecular formula is C66H49N. The van der Waals surface area contributed by atoms with Gasteiger partial charge in [-0.05, 0) is 137 Å². The van der Waals surface area contributed by atoms with Crippen LogP contribution in [0.4, 0.5) is 17.1 Å². The van der Waals surface area contributed by atoms with E-state index in [0.717, 1.165) is 18.5 Å². The molecule has 0 unspecified atom stereocenters. The molecule has 0 spiro atoms. The third kappa shape index (κ3) is 5.68. The molecule has 0 atom stereocenters. The molecule has 11 aromatic rings. The van der Waals surface area contributed by atoms with Crippen LogP contribution in [-0.2, 0) is 10.8 Å². The van der Waals surface area contributed by atoms with Crippen molar-refractivity contribution >= 4 is 61.5 Å². The number of benzene rings is 11. The molecule has 2 aliphatic rings. The minimum atomic E-state index is -0.422. The fourth-order valence-electron chi connectivity index (χ4n) is 12.5. The van der Waals surface area contributed by atoms with E-state index in [4.69, 9.17) is 0 Å². The summed E-state index contributed by atoms with van der Waals surface area (Å²) >= 11 is 0. The number of hydrogen-bond donors (Lipinski definition) is 0. The van der Waals surface area contributed by atoms with Crippen molar-refractivity contribution in [3.8, 4) is 22.3 Å². The Morgan fingerprint density at radius 3 is 1.70 bits per heavy atom. The Morgan fingerprint density at radius 1 is 0.403 bits per heavy atom. The molecule has 0 radical (unpaired) electrons. The molecule has 67 heavy (non-hydrogen) atoms. The highest BCUT2D eigenvalue weighted by Gasteiger charge is 2.46. The molecule has 0 N–H and O–H groups in total. The number of rotatable bonds is 9. The Kier molecular flexibility index (Phi) is 8.99. The van der Waals surface area contributed by atoms with E-state index in [1.807, 2.05) is 0 Å². The van der Waals surface area contributed by atoms with Gasteiger partial charge in [0.1, 0.15) is 0 Å². The molecule has 13 rings (SSSR count). The largest absolute Gasteiger partial charge is 0.310 e. The summed E-state index contributed by atoms with van der Waals surface area (Å²) < 4.78 is 0. The fourth-order valence-corrected chi connectivity index (χ4v) is 12.5. The van der Waals surface area contributed by atoms with E-state index < -0.39 is 5.41 Å². The van der Waals surface area contributed by atoms with Crippen LogP contribution < -0.4 is 4.90 Å². The zero-order valence-electron chi connectivity index (χ0n) is 37.9. The van der Waals surface area contributed by atoms with Gasteiger partial charge in [-0.1, -0.05) is 220 Å². The van der Waals surface area contributed by atoms with E-state index >= 15 is 0 Å². The molecule has 0 saturated carbocycles. The van der Waals surface area contributed by atoms with E-state index in [2.05, 4.69) is 255 Å². The van der Waals surface area contributed by atoms with Crippen LogP contribution in [0.3, 0.4) is 0 Å². The first kappa shape index (κ1) is 39.4. The highest BCUT2D eigenvalue weighted by Crippen LogP contribution is 2.58. The van der Waals surface area contributed by atoms with Crippen molar-refractivity contribution < 1.29 is 0 Å². The quantitative estimate of drug-likeness (QED) is 0.103. The monoisotopic (exact) mass is 855 g/mol. The van der Waals surface area contributed by atoms with Gasteiger partial charge in [0.25, 0.3) is 0 Å². The maximum Gasteiger partial charge on any atom is 0.0713 e. The number of hydrogen-bond acceptors (Lipinski definition) is 1. The molecule has 0 heterocycles. The summed E-state index contributed by atoms with van der Waals surface area (Å²) in [6.45, 7) is 4.76. The number of fused-ring (bicyclic) bond motifs is 6. The van der Waals surface area contributed by atoms with Gasteiger partial charge in [0, 0.05) is 22.2 Å². The first-order valence-electron chi connectivity index (χ1n) is 24.0. The lowest BCUT2D eigenvalue weighted by Crippen LogP contribution is -2.28. The zero-order valence-corrected chi connectivity index (χ0v) is 37.9. The summed E-state index contributed by atoms with van der Waals surface area (Å²) in [4.78, 5) is 2.49. The number of para-hydroxylation sites is 1. The first-order chi connectivity index (χ1) is 33.1. The number of anilines is 3. The van der Waals surface area contributed by atoms with E-state index in [-0.39, 0.29) is 5.41 Å². The molecule has 2 aliphatic carbocycles. The second kappa shape index (κ2) is 15.3. The lowest BCUT2D eigenvalue weighted by molar-refractivity contribution is 0.490. The summed E-state index contributed by atoms with van der Waals surface area (Å²) in [6, 6.07) is 84.0. The van der Waals surface area contributed by atoms with Crippen molar-refractivity contribution in [1.29, 1.82) is 0 Å². The second-order valence-corrected chi connectivity index (χ2v) is 18.6. The van der Waals surface area contributed by atoms with E-state index in [9.17, 15) is 0 Å². The van der Waals surface area contributed by atoms with Crippen LogP contribution in [0.2, 0.25) is 0 Å². The van der Waals surface area contributed by atoms with Crippen LogP contribution in [0.5, 0.6) is 0 Å². The summed E-state index contributed by atoms with van der Waals surface area (Å²) in [5.74, 6) is 0. The van der Waals surface area contributed by atoms with Crippen LogP contribution in [0.15, 0.2) is 224 Å². The average molecular weight is 856 g/mol. The molecule has 0 aliphatic heterocycles. The minimum absolute atomic E-state index is 0.132. The predicted octanol–water partition coefficient (Wildman–Crippen LogP) is 17.7. The van der Waals surface area contributed by atoms with Gasteiger partial charge in [-0.25, -0.2) is 0 Å². The maximum absolute atomic E-state index is 2.51. The van der Waals surface area contributed by atoms with Crippen LogP contribution in [0.25, 0.3) is 66.7 Å². The van der Waals surface area contributed by atoms with Gasteiger partial charge < -0.3 is 4.90 Å². The van der Waals surface area contributed by atoms with Crippen molar-refractivity contribution in [2.24, 2.45) is 0 Å². The minimum Gasteiger partial charge on any atom is -0.310 e. The van der Waals surface area contributed by atoms with E-state index in [1.54, 1.807) is 0 Å². The van der Waals surface area contributed by atoms with Gasteiger partial charge in [0.05, 0.1) is 11.1 Å². The maximum atomic E-state index is 2.51. The molecule has 1 heteroatoms. The number of nitrogens with zero attached hydrogens (tertiary/aromatic N) is 1. The highest BCUT2D eigenvalue weighted by molar-refractivity contribution is 6.25. The van der Waals surface area contributed by atoms with Crippen molar-refractivity contribution in [3.05, 3.63) is 269 Å². The zero-order chi connectivity index (χ0) is 44.7. The molecule has 0 amide bonds. The Balaban J connectivity index is 0.923. The van der Waals surface area contributed by atoms with Gasteiger partial charge in [0.2, 0.25) is 0 Å². The normalized spacial score (nSPS) is 14.1. The summed E-state index contributed by atoms with van der Waals surface area (Å²) in [7, 11) is 0. The molecule has 0 saturated heterocycles. The van der Waals surface area contributed by atoms with Crippen LogP contribution in [0.1, 0.15) is 71.2 Å². The topological polar surface area (TPSA) is 3.24 Å². The standard InChI is InChI=1S/C66H49N/c1-3-65(4-2)59-42-44(30-32-47-20-17-29-58-63(47)55-27-14-15-28-57(55)66(58,49-21-8-5-9-22-49)50-23-10-6-11-24-50)31-38-53(59)54-40-37-52(43-60(54)65)67(51-25-12-7-13-26-51)61-41-36-48-34-33-45-18-16-19-46-35-39-56(61)64(48)62(45)46/h5-43H,3-4H2,1-2H3/b32-30+. The van der Waals surface area contributed by atoms with Crippen LogP contribution in [-0.4, -0.2) is 0 Å². The molecule has 318 valence electrons. The Morgan fingerprint density at radius 2 is 0.985 bits per heavy atom. The third-order valence-electron chi connectivity index (χ3n) is 15.6. The van der Waals surface area contributed by atoms with Crippen LogP contribution >= 0.6 is 0 Å². The molecule has 0 fully saturated rings. The third-order valence-corrected chi connectivity index (χ3v) is 15.6. The van der Waals surface area contributed by atoms with Crippen LogP contribution in [0, 0.1) is 0 Å². The van der Waals surface area contributed by atoms with E-state index in [1.165, 1.54) is 110 Å². The Hall–Kier alpha value is -8.00. The Labute approximate surface area is 393 Å². The predicted molar refractivity (Wildman–Crippen MR) is 284 cm³/mol. The smallest absolute Gasteiger partial charge is 0.0713 e. The average Bonchev–Trinajstić information content (AvgIpc) is 3.86. The summed E-state index contributed by atoms with van der Waals surface area (Å²) in [5, 5.41) is 7.77. The van der Waals surface area contributed by atoms with Crippen molar-refractivity contribution in [3.63, 3.8) is 0 Å². The summed E-state index contributed by atoms with van der Waals surface area (Å²) in [6.07, 6.45) is 6.72. The lowest BCUT2D eigenvalue weighted by atomic mass is 9.67. The van der Waals surface area contributed by atoms with Gasteiger partial charge >= 0.3 is 0 Å². The highest BCUT2D eigenvalue weighted by atomic mass is 15.1. The first-order valence-corrected chi connectivity index (χ1v) is 24.0. The van der Waals surface area contributed by atoms with Crippen molar-refractivity contribution in [2.45, 2.75) is 37.5 Å². The lowest BCUT2D eigenvalue weighted by Gasteiger charge is -2.33. The fraction of sp³-hybridized carbons (Fsp3) is 0.0909. The van der Waals surface area contributed by atoms with Gasteiger partial charge in [0.15, 0.2) is 0 Å². The van der Waals surface area contributed by atoms with Gasteiger partial charge in [-0.3, -0.25) is 0 Å². The molecule has 0 aromatic heterocycles. The molecule has 11 aromatic carbocycles. The van der Waals surface area contributed by atoms with Gasteiger partial charge in [-0.2, -0.15) is 0 Å². The van der Waals surface area contributed by atoms with Crippen molar-refractivity contribution in [2.75, 3.05) is 4.90 Å². The molecule has 1 nitrogen and oxygen atoms in total. The van der Waals surface area contributed by atoms with Crippen molar-refractivity contribution in [1.82, 2.24) is 0 Å². The second-order valence-electron chi connectivity index (χ2n) is 18.6. The SMILES string of the molecule is CCC1(CC)c2cc(/C=C/c3cccc4c3-c3ccccc3C4(c3ccccc3)c3ccccc3)ccc2-c2ccc(N(c3ccccc3)c3ccc4ccc5cccc6ccc3c4c56)cc21. The molecular weight excluding hydrogens is 807 g/mol. The Bertz CT molecular complexity index is 3650. The van der Waals surface area contributed by atoms with Gasteiger partial charge in [-0.15, -0.1) is 0 Å².